The first-order valence-electron chi connectivity index (χ1n) is 10.4. The second-order valence-electron chi connectivity index (χ2n) is 8.34. The Morgan fingerprint density at radius 1 is 0.609 bits per heavy atom. The van der Waals surface area contributed by atoms with Crippen LogP contribution in [-0.2, 0) is 0 Å². The summed E-state index contributed by atoms with van der Waals surface area (Å²) in [6.07, 6.45) is 24.7. The largest absolute Gasteiger partial charge is 1.00 e. The number of quaternary nitrogens is 1. The molecule has 0 unspecified atom stereocenters. The van der Waals surface area contributed by atoms with Gasteiger partial charge in [-0.1, -0.05) is 25.8 Å². The third-order valence-electron chi connectivity index (χ3n) is 7.21. The minimum absolute atomic E-state index is 0. The molecule has 0 aliphatic heterocycles. The van der Waals surface area contributed by atoms with E-state index >= 15 is 0 Å². The molecule has 3 aliphatic carbocycles. The Bertz CT molecular complexity index is 290. The van der Waals surface area contributed by atoms with Crippen LogP contribution in [0.25, 0.3) is 0 Å². The molecule has 0 bridgehead atoms. The van der Waals surface area contributed by atoms with Crippen molar-refractivity contribution in [2.24, 2.45) is 0 Å². The second-order valence-corrected chi connectivity index (χ2v) is 8.34. The van der Waals surface area contributed by atoms with Crippen LogP contribution in [0.2, 0.25) is 0 Å². The van der Waals surface area contributed by atoms with E-state index < -0.39 is 0 Å². The molecule has 0 N–H and O–H groups in total. The van der Waals surface area contributed by atoms with Crippen molar-refractivity contribution in [1.29, 1.82) is 0 Å². The fourth-order valence-electron chi connectivity index (χ4n) is 6.25. The van der Waals surface area contributed by atoms with Crippen LogP contribution in [0.3, 0.4) is 0 Å². The van der Waals surface area contributed by atoms with E-state index in [9.17, 15) is 0 Å². The molecule has 134 valence electrons. The summed E-state index contributed by atoms with van der Waals surface area (Å²) in [7, 11) is 0. The Labute approximate surface area is 150 Å². The van der Waals surface area contributed by atoms with E-state index in [1.807, 2.05) is 0 Å². The lowest BCUT2D eigenvalue weighted by molar-refractivity contribution is -0.993. The molecule has 0 aromatic rings. The van der Waals surface area contributed by atoms with E-state index in [1.165, 1.54) is 107 Å². The van der Waals surface area contributed by atoms with Gasteiger partial charge in [-0.25, -0.2) is 0 Å². The molecule has 1 nitrogen and oxygen atoms in total. The number of hydrogen-bond acceptors (Lipinski definition) is 0. The second kappa shape index (κ2) is 9.47. The molecular formula is C21H38ClN. The Balaban J connectivity index is 0.00000192. The highest BCUT2D eigenvalue weighted by Crippen LogP contribution is 2.42. The third kappa shape index (κ3) is 4.15. The van der Waals surface area contributed by atoms with Crippen molar-refractivity contribution in [2.75, 3.05) is 6.54 Å². The molecule has 0 amide bonds. The predicted octanol–water partition coefficient (Wildman–Crippen LogP) is 2.99. The maximum absolute atomic E-state index is 4.21. The van der Waals surface area contributed by atoms with Crippen LogP contribution < -0.4 is 12.4 Å². The molecule has 0 radical (unpaired) electrons. The molecule has 0 atom stereocenters. The number of hydrogen-bond donors (Lipinski definition) is 0. The van der Waals surface area contributed by atoms with E-state index in [0.717, 1.165) is 18.1 Å². The first kappa shape index (κ1) is 19.3. The van der Waals surface area contributed by atoms with Crippen LogP contribution in [-0.4, -0.2) is 29.2 Å². The van der Waals surface area contributed by atoms with Gasteiger partial charge in [-0.2, -0.15) is 0 Å². The summed E-state index contributed by atoms with van der Waals surface area (Å²) in [5.41, 5.74) is 0. The zero-order chi connectivity index (χ0) is 15.3. The summed E-state index contributed by atoms with van der Waals surface area (Å²) in [5, 5.41) is 0. The van der Waals surface area contributed by atoms with Crippen molar-refractivity contribution < 1.29 is 16.9 Å². The van der Waals surface area contributed by atoms with Crippen LogP contribution in [0.4, 0.5) is 0 Å². The predicted molar refractivity (Wildman–Crippen MR) is 95.9 cm³/mol. The maximum atomic E-state index is 4.21. The molecule has 3 aliphatic rings. The van der Waals surface area contributed by atoms with E-state index in [4.69, 9.17) is 0 Å². The minimum Gasteiger partial charge on any atom is -1.00 e. The van der Waals surface area contributed by atoms with Gasteiger partial charge in [0.25, 0.3) is 0 Å². The number of rotatable bonds is 5. The molecule has 3 saturated carbocycles. The van der Waals surface area contributed by atoms with Gasteiger partial charge in [-0.15, -0.1) is 0 Å². The molecule has 2 heteroatoms. The summed E-state index contributed by atoms with van der Waals surface area (Å²) in [6, 6.07) is 2.87. The molecule has 0 aromatic heterocycles. The molecule has 0 spiro atoms. The van der Waals surface area contributed by atoms with Gasteiger partial charge in [0.1, 0.15) is 0 Å². The molecule has 0 heterocycles. The molecule has 23 heavy (non-hydrogen) atoms. The van der Waals surface area contributed by atoms with Gasteiger partial charge < -0.3 is 16.9 Å². The van der Waals surface area contributed by atoms with E-state index in [-0.39, 0.29) is 12.4 Å². The van der Waals surface area contributed by atoms with Gasteiger partial charge in [0, 0.05) is 0 Å². The summed E-state index contributed by atoms with van der Waals surface area (Å²) in [4.78, 5) is 0. The Hall–Kier alpha value is -0.0100. The van der Waals surface area contributed by atoms with Gasteiger partial charge in [-0.05, 0) is 83.1 Å². The van der Waals surface area contributed by atoms with Crippen LogP contribution in [0.15, 0.2) is 12.7 Å². The summed E-state index contributed by atoms with van der Waals surface area (Å²) < 4.78 is 1.48. The lowest BCUT2D eigenvalue weighted by atomic mass is 9.80. The molecule has 0 saturated heterocycles. The van der Waals surface area contributed by atoms with Crippen molar-refractivity contribution in [3.8, 4) is 0 Å². The zero-order valence-electron chi connectivity index (χ0n) is 15.2. The fourth-order valence-corrected chi connectivity index (χ4v) is 6.25. The van der Waals surface area contributed by atoms with E-state index in [1.54, 1.807) is 0 Å². The van der Waals surface area contributed by atoms with Crippen molar-refractivity contribution in [2.45, 2.75) is 114 Å². The zero-order valence-corrected chi connectivity index (χ0v) is 15.9. The maximum Gasteiger partial charge on any atom is 0.0977 e. The van der Waals surface area contributed by atoms with Crippen molar-refractivity contribution in [3.05, 3.63) is 12.7 Å². The number of halogens is 1. The normalized spacial score (nSPS) is 25.7. The van der Waals surface area contributed by atoms with Crippen LogP contribution in [0.5, 0.6) is 0 Å². The molecular weight excluding hydrogens is 302 g/mol. The average Bonchev–Trinajstić information content (AvgIpc) is 2.62. The molecule has 0 aromatic carbocycles. The highest BCUT2D eigenvalue weighted by atomic mass is 35.5. The SMILES string of the molecule is C=CC[N+](C1CCCCC1)(C1CCCCC1)C1CCCCC1.[Cl-]. The monoisotopic (exact) mass is 339 g/mol. The van der Waals surface area contributed by atoms with Crippen molar-refractivity contribution in [1.82, 2.24) is 0 Å². The first-order valence-corrected chi connectivity index (χ1v) is 10.4. The standard InChI is InChI=1S/C21H38N.ClH/c1-2-18-22(19-12-6-3-7-13-19,20-14-8-4-9-15-20)21-16-10-5-11-17-21;/h2,19-21H,1,3-18H2;1H/q+1;/p-1. The molecule has 3 rings (SSSR count). The summed E-state index contributed by atoms with van der Waals surface area (Å²) in [5.74, 6) is 0. The third-order valence-corrected chi connectivity index (χ3v) is 7.21. The van der Waals surface area contributed by atoms with Gasteiger partial charge in [0.05, 0.1) is 24.7 Å². The van der Waals surface area contributed by atoms with Gasteiger partial charge in [-0.3, -0.25) is 0 Å². The fraction of sp³-hybridized carbons (Fsp3) is 0.905. The highest BCUT2D eigenvalue weighted by Gasteiger charge is 2.48. The van der Waals surface area contributed by atoms with Crippen LogP contribution >= 0.6 is 0 Å². The quantitative estimate of drug-likeness (QED) is 0.533. The van der Waals surface area contributed by atoms with Gasteiger partial charge in [0.2, 0.25) is 0 Å². The smallest absolute Gasteiger partial charge is 0.0977 e. The lowest BCUT2D eigenvalue weighted by Gasteiger charge is -2.57. The topological polar surface area (TPSA) is 0 Å². The number of nitrogens with zero attached hydrogens (tertiary/aromatic N) is 1. The summed E-state index contributed by atoms with van der Waals surface area (Å²) >= 11 is 0. The summed E-state index contributed by atoms with van der Waals surface area (Å²) in [6.45, 7) is 5.48. The van der Waals surface area contributed by atoms with Crippen molar-refractivity contribution >= 4 is 0 Å². The highest BCUT2D eigenvalue weighted by molar-refractivity contribution is 4.83. The van der Waals surface area contributed by atoms with Gasteiger partial charge >= 0.3 is 0 Å². The van der Waals surface area contributed by atoms with Crippen molar-refractivity contribution in [3.63, 3.8) is 0 Å². The van der Waals surface area contributed by atoms with E-state index in [2.05, 4.69) is 12.7 Å². The Morgan fingerprint density at radius 3 is 1.17 bits per heavy atom. The van der Waals surface area contributed by atoms with Gasteiger partial charge in [0.15, 0.2) is 0 Å². The first-order chi connectivity index (χ1) is 10.9. The van der Waals surface area contributed by atoms with Crippen LogP contribution in [0.1, 0.15) is 96.3 Å². The van der Waals surface area contributed by atoms with Crippen LogP contribution in [0, 0.1) is 0 Å². The Morgan fingerprint density at radius 2 is 0.913 bits per heavy atom. The average molecular weight is 340 g/mol. The Kier molecular flexibility index (Phi) is 7.95. The lowest BCUT2D eigenvalue weighted by Crippen LogP contribution is -3.00. The van der Waals surface area contributed by atoms with E-state index in [0.29, 0.717) is 0 Å². The minimum atomic E-state index is 0. The molecule has 3 fully saturated rings.